The van der Waals surface area contributed by atoms with Gasteiger partial charge in [-0.3, -0.25) is 0 Å². The third kappa shape index (κ3) is 4.23. The van der Waals surface area contributed by atoms with Gasteiger partial charge < -0.3 is 9.47 Å². The van der Waals surface area contributed by atoms with E-state index in [9.17, 15) is 96.6 Å². The molecule has 0 amide bonds. The van der Waals surface area contributed by atoms with Crippen molar-refractivity contribution in [1.82, 2.24) is 0 Å². The molecule has 0 aliphatic carbocycles. The van der Waals surface area contributed by atoms with E-state index in [1.54, 1.807) is 0 Å². The van der Waals surface area contributed by atoms with Gasteiger partial charge in [0.25, 0.3) is 0 Å². The molecular formula is C12F22O3. The lowest BCUT2D eigenvalue weighted by Gasteiger charge is -2.42. The van der Waals surface area contributed by atoms with Crippen LogP contribution < -0.4 is 0 Å². The summed E-state index contributed by atoms with van der Waals surface area (Å²) in [6.07, 6.45) is -34.6. The van der Waals surface area contributed by atoms with Gasteiger partial charge in [-0.2, -0.15) is 96.6 Å². The Morgan fingerprint density at radius 3 is 1.22 bits per heavy atom. The predicted octanol–water partition coefficient (Wildman–Crippen LogP) is 7.30. The molecule has 1 aliphatic rings. The number of hydrogen-bond donors (Lipinski definition) is 0. The smallest absolute Gasteiger partial charge is 0.408 e. The summed E-state index contributed by atoms with van der Waals surface area (Å²) in [6.45, 7) is 0. The topological polar surface area (TPSA) is 27.7 Å². The van der Waals surface area contributed by atoms with E-state index < -0.39 is 72.0 Å². The van der Waals surface area contributed by atoms with Crippen molar-refractivity contribution >= 4 is 0 Å². The molecule has 0 spiro atoms. The standard InChI is InChI=1S/C12F22O3/c13-1(14)2-35-8(25,11(31,32)36-2)12(33,34)37-10(29,30)7(23,24)5(19,20)3(15,16)4(17,18)6(21,22)9(26,27)28. The van der Waals surface area contributed by atoms with Gasteiger partial charge in [-0.05, 0) is 0 Å². The highest BCUT2D eigenvalue weighted by atomic mass is 19.4. The van der Waals surface area contributed by atoms with E-state index in [1.165, 1.54) is 4.74 Å². The van der Waals surface area contributed by atoms with Crippen molar-refractivity contribution in [2.24, 2.45) is 0 Å². The zero-order valence-corrected chi connectivity index (χ0v) is 15.5. The van der Waals surface area contributed by atoms with E-state index in [-0.39, 0.29) is 0 Å². The maximum atomic E-state index is 13.8. The SMILES string of the molecule is FC(F)=C1OC(F)(F)C(F)(C(F)(F)OC(F)(F)C(F)(F)C(F)(F)C(F)(F)C(F)(F)C(F)(F)C(F)(F)F)O1. The lowest BCUT2D eigenvalue weighted by atomic mass is 9.93. The second-order valence-corrected chi connectivity index (χ2v) is 6.37. The van der Waals surface area contributed by atoms with Gasteiger partial charge in [0.15, 0.2) is 0 Å². The van der Waals surface area contributed by atoms with Crippen LogP contribution in [-0.4, -0.2) is 60.0 Å². The van der Waals surface area contributed by atoms with Gasteiger partial charge in [-0.25, -0.2) is 4.74 Å². The van der Waals surface area contributed by atoms with Crippen molar-refractivity contribution in [1.29, 1.82) is 0 Å². The van der Waals surface area contributed by atoms with Crippen molar-refractivity contribution < 1.29 is 111 Å². The molecule has 0 aromatic heterocycles. The number of hydrogen-bond acceptors (Lipinski definition) is 3. The monoisotopic (exact) mass is 610 g/mol. The fourth-order valence-corrected chi connectivity index (χ4v) is 1.94. The van der Waals surface area contributed by atoms with Gasteiger partial charge in [0.1, 0.15) is 0 Å². The maximum Gasteiger partial charge on any atom is 0.483 e. The minimum atomic E-state index is -9.01. The first-order valence-electron chi connectivity index (χ1n) is 7.63. The molecule has 1 heterocycles. The molecule has 0 bridgehead atoms. The van der Waals surface area contributed by atoms with Gasteiger partial charge >= 0.3 is 72.0 Å². The lowest BCUT2D eigenvalue weighted by molar-refractivity contribution is -0.525. The molecule has 1 atom stereocenters. The molecule has 0 saturated carbocycles. The van der Waals surface area contributed by atoms with E-state index in [1.807, 2.05) is 0 Å². The zero-order valence-electron chi connectivity index (χ0n) is 15.5. The van der Waals surface area contributed by atoms with E-state index >= 15 is 0 Å². The minimum Gasteiger partial charge on any atom is -0.408 e. The molecule has 0 aromatic carbocycles. The number of ether oxygens (including phenoxy) is 3. The molecule has 3 nitrogen and oxygen atoms in total. The maximum absolute atomic E-state index is 13.8. The van der Waals surface area contributed by atoms with Crippen LogP contribution in [0.3, 0.4) is 0 Å². The highest BCUT2D eigenvalue weighted by molar-refractivity contribution is 5.12. The highest BCUT2D eigenvalue weighted by Crippen LogP contribution is 2.64. The van der Waals surface area contributed by atoms with Crippen molar-refractivity contribution in [3.05, 3.63) is 12.0 Å². The van der Waals surface area contributed by atoms with E-state index in [2.05, 4.69) is 9.47 Å². The third-order valence-electron chi connectivity index (χ3n) is 3.91. The largest absolute Gasteiger partial charge is 0.483 e. The number of rotatable bonds is 8. The van der Waals surface area contributed by atoms with Crippen LogP contribution in [0.5, 0.6) is 0 Å². The van der Waals surface area contributed by atoms with Crippen LogP contribution in [0.1, 0.15) is 0 Å². The fraction of sp³-hybridized carbons (Fsp3) is 0.833. The summed E-state index contributed by atoms with van der Waals surface area (Å²) < 4.78 is 291. The Hall–Kier alpha value is -2.24. The highest BCUT2D eigenvalue weighted by Gasteiger charge is 2.95. The average Bonchev–Trinajstić information content (AvgIpc) is 2.90. The average molecular weight is 610 g/mol. The Balaban J connectivity index is 3.62. The van der Waals surface area contributed by atoms with Gasteiger partial charge in [-0.1, -0.05) is 0 Å². The van der Waals surface area contributed by atoms with Crippen LogP contribution >= 0.6 is 0 Å². The first-order chi connectivity index (χ1) is 15.7. The molecular weight excluding hydrogens is 610 g/mol. The summed E-state index contributed by atoms with van der Waals surface area (Å²) >= 11 is 0. The summed E-state index contributed by atoms with van der Waals surface area (Å²) in [4.78, 5) is 0. The Bertz CT molecular complexity index is 912. The molecule has 1 rings (SSSR count). The Labute approximate surface area is 184 Å². The third-order valence-corrected chi connectivity index (χ3v) is 3.91. The van der Waals surface area contributed by atoms with Crippen LogP contribution in [0.4, 0.5) is 96.6 Å². The molecule has 37 heavy (non-hydrogen) atoms. The number of alkyl halides is 20. The normalized spacial score (nSPS) is 22.6. The van der Waals surface area contributed by atoms with Gasteiger partial charge in [0, 0.05) is 0 Å². The molecule has 1 fully saturated rings. The van der Waals surface area contributed by atoms with Crippen LogP contribution in [0.25, 0.3) is 0 Å². The molecule has 1 aliphatic heterocycles. The predicted molar refractivity (Wildman–Crippen MR) is 62.0 cm³/mol. The van der Waals surface area contributed by atoms with Crippen LogP contribution in [0, 0.1) is 0 Å². The van der Waals surface area contributed by atoms with Crippen LogP contribution in [0.15, 0.2) is 12.0 Å². The van der Waals surface area contributed by atoms with Crippen molar-refractivity contribution in [3.63, 3.8) is 0 Å². The molecule has 0 N–H and O–H groups in total. The van der Waals surface area contributed by atoms with Crippen molar-refractivity contribution in [2.75, 3.05) is 0 Å². The van der Waals surface area contributed by atoms with Crippen molar-refractivity contribution in [2.45, 2.75) is 60.0 Å². The van der Waals surface area contributed by atoms with Crippen molar-refractivity contribution in [3.8, 4) is 0 Å². The minimum absolute atomic E-state index is 1.28. The van der Waals surface area contributed by atoms with E-state index in [0.29, 0.717) is 0 Å². The molecule has 220 valence electrons. The zero-order chi connectivity index (χ0) is 30.3. The molecule has 25 heteroatoms. The fourth-order valence-electron chi connectivity index (χ4n) is 1.94. The number of halogens is 22. The second kappa shape index (κ2) is 8.13. The van der Waals surface area contributed by atoms with Crippen LogP contribution in [0.2, 0.25) is 0 Å². The molecule has 0 radical (unpaired) electrons. The Morgan fingerprint density at radius 2 is 0.892 bits per heavy atom. The van der Waals surface area contributed by atoms with E-state index in [0.717, 1.165) is 0 Å². The molecule has 1 saturated heterocycles. The lowest BCUT2D eigenvalue weighted by Crippen LogP contribution is -2.73. The molecule has 1 unspecified atom stereocenters. The Kier molecular flexibility index (Phi) is 7.20. The van der Waals surface area contributed by atoms with E-state index in [4.69, 9.17) is 0 Å². The summed E-state index contributed by atoms with van der Waals surface area (Å²) in [5, 5.41) is 0. The summed E-state index contributed by atoms with van der Waals surface area (Å²) in [6, 6.07) is 0. The summed E-state index contributed by atoms with van der Waals surface area (Å²) in [5.74, 6) is -54.3. The summed E-state index contributed by atoms with van der Waals surface area (Å²) in [5.41, 5.74) is 0. The van der Waals surface area contributed by atoms with Gasteiger partial charge in [0.05, 0.1) is 0 Å². The quantitative estimate of drug-likeness (QED) is 0.270. The second-order valence-electron chi connectivity index (χ2n) is 6.37. The van der Waals surface area contributed by atoms with Crippen LogP contribution in [-0.2, 0) is 14.2 Å². The van der Waals surface area contributed by atoms with Gasteiger partial charge in [-0.15, -0.1) is 0 Å². The first-order valence-corrected chi connectivity index (χ1v) is 7.63. The van der Waals surface area contributed by atoms with Gasteiger partial charge in [0.2, 0.25) is 0 Å². The Morgan fingerprint density at radius 1 is 0.541 bits per heavy atom. The summed E-state index contributed by atoms with van der Waals surface area (Å²) in [7, 11) is 0. The first kappa shape index (κ1) is 32.8. The molecule has 0 aromatic rings.